The number of amides is 1. The first-order valence-corrected chi connectivity index (χ1v) is 4.55. The fourth-order valence-electron chi connectivity index (χ4n) is 1.26. The third kappa shape index (κ3) is 2.73. The van der Waals surface area contributed by atoms with Crippen molar-refractivity contribution in [3.05, 3.63) is 30.1 Å². The first-order chi connectivity index (χ1) is 6.63. The Labute approximate surface area is 83.6 Å². The van der Waals surface area contributed by atoms with Gasteiger partial charge in [-0.2, -0.15) is 5.10 Å². The largest absolute Gasteiger partial charge is 0.351 e. The second-order valence-corrected chi connectivity index (χ2v) is 3.15. The molecule has 0 aliphatic heterocycles. The molecule has 1 rings (SSSR count). The van der Waals surface area contributed by atoms with Gasteiger partial charge in [-0.1, -0.05) is 6.58 Å². The lowest BCUT2D eigenvalue weighted by Crippen LogP contribution is -2.25. The summed E-state index contributed by atoms with van der Waals surface area (Å²) in [6, 6.07) is 2.01. The van der Waals surface area contributed by atoms with Crippen molar-refractivity contribution in [1.29, 1.82) is 0 Å². The topological polar surface area (TPSA) is 46.9 Å². The summed E-state index contributed by atoms with van der Waals surface area (Å²) in [6.07, 6.45) is 1.27. The summed E-state index contributed by atoms with van der Waals surface area (Å²) in [5.41, 5.74) is 2.10. The van der Waals surface area contributed by atoms with Gasteiger partial charge in [0.25, 0.3) is 0 Å². The molecule has 1 aromatic rings. The number of nitrogens with zero attached hydrogens (tertiary/aromatic N) is 2. The third-order valence-electron chi connectivity index (χ3n) is 1.91. The molecule has 0 aliphatic rings. The van der Waals surface area contributed by atoms with Gasteiger partial charge in [0.05, 0.1) is 12.2 Å². The highest BCUT2D eigenvalue weighted by molar-refractivity contribution is 5.86. The van der Waals surface area contributed by atoms with Crippen LogP contribution in [0.25, 0.3) is 0 Å². The third-order valence-corrected chi connectivity index (χ3v) is 1.91. The van der Waals surface area contributed by atoms with Crippen LogP contribution in [0.15, 0.2) is 18.7 Å². The van der Waals surface area contributed by atoms with Crippen LogP contribution in [0.2, 0.25) is 0 Å². The number of rotatable bonds is 4. The molecule has 1 N–H and O–H groups in total. The summed E-state index contributed by atoms with van der Waals surface area (Å²) in [6.45, 7) is 8.59. The normalized spacial score (nSPS) is 9.86. The van der Waals surface area contributed by atoms with Crippen molar-refractivity contribution in [2.75, 3.05) is 6.54 Å². The maximum atomic E-state index is 10.8. The highest BCUT2D eigenvalue weighted by Gasteiger charge is 2.00. The van der Waals surface area contributed by atoms with Crippen LogP contribution in [-0.2, 0) is 11.3 Å². The molecule has 76 valence electrons. The first-order valence-electron chi connectivity index (χ1n) is 4.55. The fourth-order valence-corrected chi connectivity index (χ4v) is 1.26. The van der Waals surface area contributed by atoms with E-state index in [1.807, 2.05) is 24.6 Å². The lowest BCUT2D eigenvalue weighted by molar-refractivity contribution is -0.116. The predicted octanol–water partition coefficient (Wildman–Crippen LogP) is 0.802. The molecule has 0 saturated heterocycles. The molecule has 0 spiro atoms. The van der Waals surface area contributed by atoms with Gasteiger partial charge < -0.3 is 5.32 Å². The van der Waals surface area contributed by atoms with E-state index in [1.54, 1.807) is 0 Å². The minimum atomic E-state index is -0.147. The Morgan fingerprint density at radius 3 is 2.93 bits per heavy atom. The second kappa shape index (κ2) is 4.60. The molecular weight excluding hydrogens is 178 g/mol. The quantitative estimate of drug-likeness (QED) is 0.719. The zero-order chi connectivity index (χ0) is 10.6. The van der Waals surface area contributed by atoms with E-state index in [9.17, 15) is 4.79 Å². The van der Waals surface area contributed by atoms with Crippen LogP contribution < -0.4 is 5.32 Å². The first kappa shape index (κ1) is 10.5. The van der Waals surface area contributed by atoms with Crippen molar-refractivity contribution in [2.45, 2.75) is 20.4 Å². The maximum absolute atomic E-state index is 10.8. The highest BCUT2D eigenvalue weighted by Crippen LogP contribution is 2.00. The predicted molar refractivity (Wildman–Crippen MR) is 54.9 cm³/mol. The monoisotopic (exact) mass is 193 g/mol. The van der Waals surface area contributed by atoms with Crippen molar-refractivity contribution in [2.24, 2.45) is 0 Å². The van der Waals surface area contributed by atoms with Crippen molar-refractivity contribution in [3.63, 3.8) is 0 Å². The maximum Gasteiger partial charge on any atom is 0.243 e. The summed E-state index contributed by atoms with van der Waals surface area (Å²) < 4.78 is 1.87. The van der Waals surface area contributed by atoms with Crippen LogP contribution in [-0.4, -0.2) is 22.2 Å². The molecule has 0 atom stereocenters. The van der Waals surface area contributed by atoms with Crippen molar-refractivity contribution < 1.29 is 4.79 Å². The lowest BCUT2D eigenvalue weighted by atomic mass is 10.4. The van der Waals surface area contributed by atoms with E-state index in [2.05, 4.69) is 17.0 Å². The van der Waals surface area contributed by atoms with Gasteiger partial charge in [-0.15, -0.1) is 0 Å². The van der Waals surface area contributed by atoms with E-state index in [-0.39, 0.29) is 5.91 Å². The van der Waals surface area contributed by atoms with Crippen molar-refractivity contribution in [3.8, 4) is 0 Å². The number of hydrogen-bond acceptors (Lipinski definition) is 2. The average molecular weight is 193 g/mol. The molecule has 1 amide bonds. The minimum absolute atomic E-state index is 0.147. The Morgan fingerprint density at radius 2 is 2.43 bits per heavy atom. The minimum Gasteiger partial charge on any atom is -0.351 e. The Bertz CT molecular complexity index is 341. The molecule has 1 heterocycles. The summed E-state index contributed by atoms with van der Waals surface area (Å²) in [7, 11) is 0. The molecule has 0 saturated carbocycles. The number of nitrogens with one attached hydrogen (secondary N) is 1. The van der Waals surface area contributed by atoms with Gasteiger partial charge in [-0.25, -0.2) is 0 Å². The summed E-state index contributed by atoms with van der Waals surface area (Å²) in [4.78, 5) is 10.8. The molecule has 0 aromatic carbocycles. The van der Waals surface area contributed by atoms with E-state index in [0.717, 1.165) is 11.4 Å². The van der Waals surface area contributed by atoms with Gasteiger partial charge in [0.2, 0.25) is 5.91 Å². The Morgan fingerprint density at radius 1 is 1.71 bits per heavy atom. The summed E-state index contributed by atoms with van der Waals surface area (Å²) in [5, 5.41) is 6.97. The Kier molecular flexibility index (Phi) is 3.45. The van der Waals surface area contributed by atoms with Gasteiger partial charge in [0, 0.05) is 12.2 Å². The van der Waals surface area contributed by atoms with E-state index in [0.29, 0.717) is 13.1 Å². The van der Waals surface area contributed by atoms with Crippen LogP contribution >= 0.6 is 0 Å². The van der Waals surface area contributed by atoms with Crippen LogP contribution in [0.4, 0.5) is 0 Å². The Balaban J connectivity index is 2.42. The van der Waals surface area contributed by atoms with E-state index >= 15 is 0 Å². The Hall–Kier alpha value is -1.58. The zero-order valence-electron chi connectivity index (χ0n) is 8.58. The van der Waals surface area contributed by atoms with Crippen LogP contribution in [0.3, 0.4) is 0 Å². The van der Waals surface area contributed by atoms with Crippen molar-refractivity contribution >= 4 is 5.91 Å². The van der Waals surface area contributed by atoms with Crippen LogP contribution in [0, 0.1) is 13.8 Å². The number of hydrogen-bond donors (Lipinski definition) is 1. The number of carbonyl (C=O) groups excluding carboxylic acids is 1. The van der Waals surface area contributed by atoms with Gasteiger partial charge in [-0.3, -0.25) is 9.48 Å². The molecule has 0 unspecified atom stereocenters. The van der Waals surface area contributed by atoms with Crippen molar-refractivity contribution in [1.82, 2.24) is 15.1 Å². The molecule has 0 radical (unpaired) electrons. The number of aryl methyl sites for hydroxylation is 2. The molecule has 14 heavy (non-hydrogen) atoms. The SMILES string of the molecule is C=CC(=O)NCCn1nc(C)cc1C. The lowest BCUT2D eigenvalue weighted by Gasteiger charge is -2.04. The second-order valence-electron chi connectivity index (χ2n) is 3.15. The molecule has 4 nitrogen and oxygen atoms in total. The smallest absolute Gasteiger partial charge is 0.243 e. The zero-order valence-corrected chi connectivity index (χ0v) is 8.58. The standard InChI is InChI=1S/C10H15N3O/c1-4-10(14)11-5-6-13-9(3)7-8(2)12-13/h4,7H,1,5-6H2,2-3H3,(H,11,14). The van der Waals surface area contributed by atoms with E-state index in [4.69, 9.17) is 0 Å². The molecule has 1 aromatic heterocycles. The van der Waals surface area contributed by atoms with E-state index < -0.39 is 0 Å². The average Bonchev–Trinajstić information content (AvgIpc) is 2.45. The highest BCUT2D eigenvalue weighted by atomic mass is 16.1. The van der Waals surface area contributed by atoms with Gasteiger partial charge in [-0.05, 0) is 26.0 Å². The van der Waals surface area contributed by atoms with Crippen LogP contribution in [0.1, 0.15) is 11.4 Å². The molecule has 0 aliphatic carbocycles. The van der Waals surface area contributed by atoms with Gasteiger partial charge in [0.15, 0.2) is 0 Å². The number of aromatic nitrogens is 2. The number of carbonyl (C=O) groups is 1. The molecule has 0 fully saturated rings. The van der Waals surface area contributed by atoms with E-state index in [1.165, 1.54) is 6.08 Å². The van der Waals surface area contributed by atoms with Gasteiger partial charge in [0.1, 0.15) is 0 Å². The molecule has 0 bridgehead atoms. The summed E-state index contributed by atoms with van der Waals surface area (Å²) >= 11 is 0. The molecular formula is C10H15N3O. The van der Waals surface area contributed by atoms with Crippen LogP contribution in [0.5, 0.6) is 0 Å². The molecule has 4 heteroatoms. The fraction of sp³-hybridized carbons (Fsp3) is 0.400. The van der Waals surface area contributed by atoms with Gasteiger partial charge >= 0.3 is 0 Å². The summed E-state index contributed by atoms with van der Waals surface area (Å²) in [5.74, 6) is -0.147.